The standard InChI is InChI=1S/C15H22FNO2/c1-11(2)14(18)19-10-15(3,4)17-9-12-7-5-6-8-13(12)16/h5-8,11,17H,9-10H2,1-4H3. The van der Waals surface area contributed by atoms with Crippen LogP contribution in [0.25, 0.3) is 0 Å². The minimum atomic E-state index is -0.396. The molecule has 0 aliphatic carbocycles. The molecule has 1 aromatic carbocycles. The Bertz CT molecular complexity index is 430. The van der Waals surface area contributed by atoms with E-state index in [-0.39, 0.29) is 24.3 Å². The molecule has 0 bridgehead atoms. The Balaban J connectivity index is 2.47. The Kier molecular flexibility index (Phi) is 5.48. The Morgan fingerprint density at radius 1 is 1.37 bits per heavy atom. The summed E-state index contributed by atoms with van der Waals surface area (Å²) >= 11 is 0. The third-order valence-corrected chi connectivity index (χ3v) is 2.76. The zero-order chi connectivity index (χ0) is 14.5. The molecule has 0 aliphatic heterocycles. The molecule has 0 radical (unpaired) electrons. The summed E-state index contributed by atoms with van der Waals surface area (Å²) in [5, 5.41) is 3.19. The number of rotatable bonds is 6. The average molecular weight is 267 g/mol. The van der Waals surface area contributed by atoms with Crippen LogP contribution in [0.5, 0.6) is 0 Å². The van der Waals surface area contributed by atoms with Gasteiger partial charge in [0.15, 0.2) is 0 Å². The number of hydrogen-bond donors (Lipinski definition) is 1. The molecule has 0 atom stereocenters. The highest BCUT2D eigenvalue weighted by Crippen LogP contribution is 2.10. The summed E-state index contributed by atoms with van der Waals surface area (Å²) in [7, 11) is 0. The summed E-state index contributed by atoms with van der Waals surface area (Å²) in [5.41, 5.74) is 0.207. The molecule has 106 valence electrons. The van der Waals surface area contributed by atoms with Gasteiger partial charge in [-0.25, -0.2) is 4.39 Å². The van der Waals surface area contributed by atoms with E-state index < -0.39 is 5.54 Å². The molecule has 0 aromatic heterocycles. The molecule has 0 unspecified atom stereocenters. The molecule has 0 fully saturated rings. The largest absolute Gasteiger partial charge is 0.464 e. The molecular weight excluding hydrogens is 245 g/mol. The number of esters is 1. The van der Waals surface area contributed by atoms with Gasteiger partial charge in [0.1, 0.15) is 12.4 Å². The molecule has 19 heavy (non-hydrogen) atoms. The number of nitrogens with one attached hydrogen (secondary N) is 1. The van der Waals surface area contributed by atoms with Crippen LogP contribution in [0.4, 0.5) is 4.39 Å². The molecule has 1 rings (SSSR count). The normalized spacial score (nSPS) is 11.7. The van der Waals surface area contributed by atoms with Gasteiger partial charge in [-0.15, -0.1) is 0 Å². The molecular formula is C15H22FNO2. The maximum absolute atomic E-state index is 13.5. The minimum Gasteiger partial charge on any atom is -0.464 e. The Hall–Kier alpha value is -1.42. The number of benzene rings is 1. The van der Waals surface area contributed by atoms with Gasteiger partial charge in [0, 0.05) is 17.6 Å². The quantitative estimate of drug-likeness (QED) is 0.805. The van der Waals surface area contributed by atoms with E-state index in [1.807, 2.05) is 13.8 Å². The van der Waals surface area contributed by atoms with Gasteiger partial charge >= 0.3 is 5.97 Å². The molecule has 0 saturated carbocycles. The zero-order valence-corrected chi connectivity index (χ0v) is 12.0. The van der Waals surface area contributed by atoms with Crippen LogP contribution < -0.4 is 5.32 Å². The van der Waals surface area contributed by atoms with Gasteiger partial charge in [-0.2, -0.15) is 0 Å². The lowest BCUT2D eigenvalue weighted by molar-refractivity contribution is -0.149. The Morgan fingerprint density at radius 3 is 2.58 bits per heavy atom. The van der Waals surface area contributed by atoms with Crippen molar-refractivity contribution in [3.63, 3.8) is 0 Å². The number of hydrogen-bond acceptors (Lipinski definition) is 3. The predicted molar refractivity (Wildman–Crippen MR) is 73.1 cm³/mol. The van der Waals surface area contributed by atoms with Gasteiger partial charge in [0.25, 0.3) is 0 Å². The highest BCUT2D eigenvalue weighted by molar-refractivity contribution is 5.71. The fraction of sp³-hybridized carbons (Fsp3) is 0.533. The first kappa shape index (κ1) is 15.6. The molecule has 4 heteroatoms. The lowest BCUT2D eigenvalue weighted by Gasteiger charge is -2.26. The average Bonchev–Trinajstić information content (AvgIpc) is 2.35. The van der Waals surface area contributed by atoms with E-state index in [1.54, 1.807) is 32.0 Å². The number of ether oxygens (including phenoxy) is 1. The van der Waals surface area contributed by atoms with Gasteiger partial charge < -0.3 is 10.1 Å². The van der Waals surface area contributed by atoms with Crippen LogP contribution in [0.2, 0.25) is 0 Å². The van der Waals surface area contributed by atoms with Crippen molar-refractivity contribution < 1.29 is 13.9 Å². The van der Waals surface area contributed by atoms with E-state index >= 15 is 0 Å². The van der Waals surface area contributed by atoms with Gasteiger partial charge in [-0.05, 0) is 19.9 Å². The maximum atomic E-state index is 13.5. The molecule has 0 aliphatic rings. The molecule has 1 N–H and O–H groups in total. The number of carbonyl (C=O) groups is 1. The van der Waals surface area contributed by atoms with Crippen molar-refractivity contribution >= 4 is 5.97 Å². The summed E-state index contributed by atoms with van der Waals surface area (Å²) < 4.78 is 18.7. The second-order valence-electron chi connectivity index (χ2n) is 5.59. The van der Waals surface area contributed by atoms with E-state index in [0.717, 1.165) is 0 Å². The molecule has 3 nitrogen and oxygen atoms in total. The number of carbonyl (C=O) groups excluding carboxylic acids is 1. The fourth-order valence-electron chi connectivity index (χ4n) is 1.45. The molecule has 0 saturated heterocycles. The van der Waals surface area contributed by atoms with Crippen LogP contribution in [-0.4, -0.2) is 18.1 Å². The second-order valence-corrected chi connectivity index (χ2v) is 5.59. The van der Waals surface area contributed by atoms with Crippen LogP contribution in [0.1, 0.15) is 33.3 Å². The van der Waals surface area contributed by atoms with E-state index in [9.17, 15) is 9.18 Å². The Labute approximate surface area is 114 Å². The summed E-state index contributed by atoms with van der Waals surface area (Å²) in [6.07, 6.45) is 0. The molecule has 1 aromatic rings. The van der Waals surface area contributed by atoms with Gasteiger partial charge in [-0.1, -0.05) is 32.0 Å². The van der Waals surface area contributed by atoms with Gasteiger partial charge in [-0.3, -0.25) is 4.79 Å². The van der Waals surface area contributed by atoms with E-state index in [0.29, 0.717) is 12.1 Å². The highest BCUT2D eigenvalue weighted by atomic mass is 19.1. The summed E-state index contributed by atoms with van der Waals surface area (Å²) in [6, 6.07) is 6.63. The summed E-state index contributed by atoms with van der Waals surface area (Å²) in [4.78, 5) is 11.4. The van der Waals surface area contributed by atoms with Gasteiger partial charge in [0.05, 0.1) is 5.92 Å². The SMILES string of the molecule is CC(C)C(=O)OCC(C)(C)NCc1ccccc1F. The first-order valence-electron chi connectivity index (χ1n) is 6.47. The first-order chi connectivity index (χ1) is 8.82. The van der Waals surface area contributed by atoms with Crippen molar-refractivity contribution in [3.05, 3.63) is 35.6 Å². The minimum absolute atomic E-state index is 0.137. The van der Waals surface area contributed by atoms with Crippen molar-refractivity contribution in [2.75, 3.05) is 6.61 Å². The van der Waals surface area contributed by atoms with Crippen LogP contribution in [0, 0.1) is 11.7 Å². The molecule has 0 amide bonds. The van der Waals surface area contributed by atoms with Crippen LogP contribution in [-0.2, 0) is 16.1 Å². The lowest BCUT2D eigenvalue weighted by Crippen LogP contribution is -2.44. The van der Waals surface area contributed by atoms with E-state index in [4.69, 9.17) is 4.74 Å². The Morgan fingerprint density at radius 2 is 2.00 bits per heavy atom. The topological polar surface area (TPSA) is 38.3 Å². The second kappa shape index (κ2) is 6.66. The smallest absolute Gasteiger partial charge is 0.308 e. The summed E-state index contributed by atoms with van der Waals surface area (Å²) in [5.74, 6) is -0.590. The van der Waals surface area contributed by atoms with Crippen molar-refractivity contribution in [2.45, 2.75) is 39.8 Å². The predicted octanol–water partition coefficient (Wildman–Crippen LogP) is 2.89. The van der Waals surface area contributed by atoms with Gasteiger partial charge in [0.2, 0.25) is 0 Å². The fourth-order valence-corrected chi connectivity index (χ4v) is 1.45. The third kappa shape index (κ3) is 5.39. The zero-order valence-electron chi connectivity index (χ0n) is 12.0. The van der Waals surface area contributed by atoms with Crippen LogP contribution >= 0.6 is 0 Å². The van der Waals surface area contributed by atoms with E-state index in [1.165, 1.54) is 6.07 Å². The monoisotopic (exact) mass is 267 g/mol. The van der Waals surface area contributed by atoms with Crippen molar-refractivity contribution in [1.82, 2.24) is 5.32 Å². The summed E-state index contributed by atoms with van der Waals surface area (Å²) in [6.45, 7) is 8.09. The highest BCUT2D eigenvalue weighted by Gasteiger charge is 2.21. The van der Waals surface area contributed by atoms with Crippen molar-refractivity contribution in [2.24, 2.45) is 5.92 Å². The first-order valence-corrected chi connectivity index (χ1v) is 6.47. The number of halogens is 1. The van der Waals surface area contributed by atoms with Crippen molar-refractivity contribution in [1.29, 1.82) is 0 Å². The van der Waals surface area contributed by atoms with Crippen LogP contribution in [0.3, 0.4) is 0 Å². The molecule has 0 heterocycles. The maximum Gasteiger partial charge on any atom is 0.308 e. The lowest BCUT2D eigenvalue weighted by atomic mass is 10.1. The van der Waals surface area contributed by atoms with E-state index in [2.05, 4.69) is 5.32 Å². The molecule has 0 spiro atoms. The van der Waals surface area contributed by atoms with Crippen LogP contribution in [0.15, 0.2) is 24.3 Å². The third-order valence-electron chi connectivity index (χ3n) is 2.76. The van der Waals surface area contributed by atoms with Crippen molar-refractivity contribution in [3.8, 4) is 0 Å².